The topological polar surface area (TPSA) is 69.4 Å². The molecule has 0 bridgehead atoms. The van der Waals surface area contributed by atoms with Gasteiger partial charge in [0.2, 0.25) is 10.0 Å². The van der Waals surface area contributed by atoms with Crippen molar-refractivity contribution in [3.63, 3.8) is 0 Å². The van der Waals surface area contributed by atoms with Gasteiger partial charge in [0.25, 0.3) is 0 Å². The number of benzene rings is 3. The van der Waals surface area contributed by atoms with E-state index in [0.29, 0.717) is 22.3 Å². The van der Waals surface area contributed by atoms with Gasteiger partial charge in [-0.1, -0.05) is 36.4 Å². The molecule has 10 heteroatoms. The molecule has 31 heavy (non-hydrogen) atoms. The van der Waals surface area contributed by atoms with Crippen molar-refractivity contribution in [1.29, 1.82) is 0 Å². The molecule has 4 rings (SSSR count). The number of nitrogens with two attached hydrogens (primary N) is 1. The molecule has 0 saturated heterocycles. The van der Waals surface area contributed by atoms with Crippen molar-refractivity contribution < 1.29 is 30.7 Å². The Labute approximate surface area is 180 Å². The van der Waals surface area contributed by atoms with Crippen LogP contribution in [0.3, 0.4) is 0 Å². The summed E-state index contributed by atoms with van der Waals surface area (Å²) in [6.45, 7) is 0. The molecule has 3 aromatic carbocycles. The SMILES string of the molecule is NS(=O)(=O)Cc1ccc2c(c1)C(c1cccc(F)c1)Oc1cccc(SC(F)(F)F)c1-2. The van der Waals surface area contributed by atoms with Crippen LogP contribution in [0.25, 0.3) is 11.1 Å². The molecule has 0 aliphatic carbocycles. The van der Waals surface area contributed by atoms with Crippen LogP contribution in [0.1, 0.15) is 22.8 Å². The van der Waals surface area contributed by atoms with Crippen molar-refractivity contribution >= 4 is 21.8 Å². The summed E-state index contributed by atoms with van der Waals surface area (Å²) >= 11 is -0.263. The summed E-state index contributed by atoms with van der Waals surface area (Å²) in [7, 11) is -3.84. The number of rotatable bonds is 4. The lowest BCUT2D eigenvalue weighted by Gasteiger charge is -2.31. The van der Waals surface area contributed by atoms with Crippen LogP contribution in [0.2, 0.25) is 0 Å². The molecular formula is C21H15F4NO3S2. The zero-order chi connectivity index (χ0) is 22.4. The maximum absolute atomic E-state index is 13.9. The normalized spacial score (nSPS) is 15.7. The van der Waals surface area contributed by atoms with Gasteiger partial charge in [0.05, 0.1) is 5.75 Å². The van der Waals surface area contributed by atoms with Gasteiger partial charge in [-0.25, -0.2) is 17.9 Å². The Morgan fingerprint density at radius 3 is 2.45 bits per heavy atom. The molecule has 0 radical (unpaired) electrons. The second-order valence-electron chi connectivity index (χ2n) is 6.96. The van der Waals surface area contributed by atoms with Crippen LogP contribution in [0.4, 0.5) is 17.6 Å². The van der Waals surface area contributed by atoms with Gasteiger partial charge in [0, 0.05) is 16.0 Å². The van der Waals surface area contributed by atoms with Gasteiger partial charge in [-0.05, 0) is 52.7 Å². The summed E-state index contributed by atoms with van der Waals surface area (Å²) in [5, 5.41) is 5.14. The molecule has 0 spiro atoms. The molecule has 0 aromatic heterocycles. The highest BCUT2D eigenvalue weighted by Crippen LogP contribution is 2.51. The number of hydrogen-bond acceptors (Lipinski definition) is 4. The number of primary sulfonamides is 1. The van der Waals surface area contributed by atoms with Crippen molar-refractivity contribution in [3.05, 3.63) is 83.2 Å². The average Bonchev–Trinajstić information content (AvgIpc) is 2.65. The van der Waals surface area contributed by atoms with Crippen LogP contribution in [-0.4, -0.2) is 13.9 Å². The van der Waals surface area contributed by atoms with Crippen LogP contribution < -0.4 is 9.88 Å². The van der Waals surface area contributed by atoms with E-state index in [1.54, 1.807) is 18.2 Å². The summed E-state index contributed by atoms with van der Waals surface area (Å²) < 4.78 is 82.3. The molecule has 1 aliphatic heterocycles. The van der Waals surface area contributed by atoms with Crippen molar-refractivity contribution in [2.24, 2.45) is 5.14 Å². The van der Waals surface area contributed by atoms with Crippen LogP contribution in [-0.2, 0) is 15.8 Å². The number of hydrogen-bond donors (Lipinski definition) is 1. The van der Waals surface area contributed by atoms with Crippen LogP contribution in [0.15, 0.2) is 65.6 Å². The average molecular weight is 469 g/mol. The fraction of sp³-hybridized carbons (Fsp3) is 0.143. The number of sulfonamides is 1. The fourth-order valence-corrected chi connectivity index (χ4v) is 4.92. The first-order chi connectivity index (χ1) is 14.5. The molecule has 1 heterocycles. The molecule has 3 aromatic rings. The van der Waals surface area contributed by atoms with E-state index in [0.717, 1.165) is 0 Å². The maximum atomic E-state index is 13.9. The Kier molecular flexibility index (Phi) is 5.48. The molecular weight excluding hydrogens is 454 g/mol. The Bertz CT molecular complexity index is 1260. The van der Waals surface area contributed by atoms with E-state index in [1.807, 2.05) is 0 Å². The third-order valence-electron chi connectivity index (χ3n) is 4.65. The number of alkyl halides is 3. The number of fused-ring (bicyclic) bond motifs is 3. The van der Waals surface area contributed by atoms with Crippen LogP contribution in [0.5, 0.6) is 5.75 Å². The molecule has 1 aliphatic rings. The Morgan fingerprint density at radius 1 is 1.03 bits per heavy atom. The van der Waals surface area contributed by atoms with Crippen molar-refractivity contribution in [1.82, 2.24) is 0 Å². The lowest BCUT2D eigenvalue weighted by molar-refractivity contribution is -0.0328. The summed E-state index contributed by atoms with van der Waals surface area (Å²) in [5.74, 6) is -0.743. The fourth-order valence-electron chi connectivity index (χ4n) is 3.57. The second-order valence-corrected chi connectivity index (χ2v) is 9.68. The number of thioether (sulfide) groups is 1. The molecule has 0 saturated carbocycles. The summed E-state index contributed by atoms with van der Waals surface area (Å²) in [6.07, 6.45) is -0.843. The standard InChI is InChI=1S/C21H15F4NO3S2/c22-14-4-1-3-13(10-14)20-16-9-12(11-31(26,27)28)7-8-15(16)19-17(29-20)5-2-6-18(19)30-21(23,24)25/h1-10,20H,11H2,(H2,26,27,28). The van der Waals surface area contributed by atoms with E-state index in [-0.39, 0.29) is 28.0 Å². The zero-order valence-corrected chi connectivity index (χ0v) is 17.3. The zero-order valence-electron chi connectivity index (χ0n) is 15.7. The number of ether oxygens (including phenoxy) is 1. The minimum Gasteiger partial charge on any atom is -0.480 e. The van der Waals surface area contributed by atoms with Gasteiger partial charge in [0.1, 0.15) is 17.7 Å². The summed E-state index contributed by atoms with van der Waals surface area (Å²) in [6, 6.07) is 14.5. The van der Waals surface area contributed by atoms with Gasteiger partial charge in [-0.15, -0.1) is 0 Å². The first kappa shape index (κ1) is 21.7. The van der Waals surface area contributed by atoms with Gasteiger partial charge >= 0.3 is 5.51 Å². The minimum atomic E-state index is -4.51. The van der Waals surface area contributed by atoms with Crippen molar-refractivity contribution in [2.45, 2.75) is 22.3 Å². The minimum absolute atomic E-state index is 0.0526. The van der Waals surface area contributed by atoms with Gasteiger partial charge in [-0.2, -0.15) is 13.2 Å². The van der Waals surface area contributed by atoms with Gasteiger partial charge < -0.3 is 4.74 Å². The predicted octanol–water partition coefficient (Wildman–Crippen LogP) is 5.37. The lowest BCUT2D eigenvalue weighted by Crippen LogP contribution is -2.18. The van der Waals surface area contributed by atoms with Crippen LogP contribution >= 0.6 is 11.8 Å². The molecule has 0 fully saturated rings. The van der Waals surface area contributed by atoms with E-state index in [4.69, 9.17) is 9.88 Å². The first-order valence-corrected chi connectivity index (χ1v) is 11.5. The summed E-state index contributed by atoms with van der Waals surface area (Å²) in [5.41, 5.74) is -2.61. The highest BCUT2D eigenvalue weighted by Gasteiger charge is 2.35. The van der Waals surface area contributed by atoms with Crippen molar-refractivity contribution in [2.75, 3.05) is 0 Å². The maximum Gasteiger partial charge on any atom is 0.446 e. The lowest BCUT2D eigenvalue weighted by atomic mass is 9.88. The van der Waals surface area contributed by atoms with Gasteiger partial charge in [0.15, 0.2) is 0 Å². The Balaban J connectivity index is 1.92. The first-order valence-electron chi connectivity index (χ1n) is 8.95. The highest BCUT2D eigenvalue weighted by molar-refractivity contribution is 8.00. The van der Waals surface area contributed by atoms with Crippen molar-refractivity contribution in [3.8, 4) is 16.9 Å². The highest BCUT2D eigenvalue weighted by atomic mass is 32.2. The largest absolute Gasteiger partial charge is 0.480 e. The monoisotopic (exact) mass is 469 g/mol. The molecule has 1 unspecified atom stereocenters. The Morgan fingerprint density at radius 2 is 1.77 bits per heavy atom. The van der Waals surface area contributed by atoms with Crippen LogP contribution in [0, 0.1) is 5.82 Å². The third kappa shape index (κ3) is 4.86. The number of halogens is 4. The van der Waals surface area contributed by atoms with E-state index >= 15 is 0 Å². The second kappa shape index (κ2) is 7.85. The van der Waals surface area contributed by atoms with E-state index in [1.165, 1.54) is 42.5 Å². The third-order valence-corrected chi connectivity index (χ3v) is 6.17. The van der Waals surface area contributed by atoms with E-state index < -0.39 is 33.2 Å². The smallest absolute Gasteiger partial charge is 0.446 e. The Hall–Kier alpha value is -2.56. The molecule has 0 amide bonds. The quantitative estimate of drug-likeness (QED) is 0.412. The molecule has 1 atom stereocenters. The van der Waals surface area contributed by atoms with E-state index in [2.05, 4.69) is 0 Å². The molecule has 2 N–H and O–H groups in total. The molecule has 162 valence electrons. The van der Waals surface area contributed by atoms with Gasteiger partial charge in [-0.3, -0.25) is 0 Å². The summed E-state index contributed by atoms with van der Waals surface area (Å²) in [4.78, 5) is -0.0526. The molecule has 4 nitrogen and oxygen atoms in total. The van der Waals surface area contributed by atoms with E-state index in [9.17, 15) is 26.0 Å². The predicted molar refractivity (Wildman–Crippen MR) is 109 cm³/mol.